The van der Waals surface area contributed by atoms with Gasteiger partial charge in [-0.1, -0.05) is 12.5 Å². The number of fused-ring (bicyclic) bond motifs is 2. The van der Waals surface area contributed by atoms with Crippen LogP contribution in [0.25, 0.3) is 0 Å². The van der Waals surface area contributed by atoms with Crippen molar-refractivity contribution in [3.8, 4) is 0 Å². The van der Waals surface area contributed by atoms with Crippen molar-refractivity contribution in [3.63, 3.8) is 0 Å². The molecule has 1 aromatic carbocycles. The molecule has 1 N–H and O–H groups in total. The number of amides is 1. The van der Waals surface area contributed by atoms with Crippen molar-refractivity contribution in [2.75, 3.05) is 19.0 Å². The molecule has 2 fully saturated rings. The monoisotopic (exact) mass is 286 g/mol. The number of anilines is 1. The summed E-state index contributed by atoms with van der Waals surface area (Å²) in [5, 5.41) is 3.23. The van der Waals surface area contributed by atoms with E-state index in [1.807, 2.05) is 43.3 Å². The summed E-state index contributed by atoms with van der Waals surface area (Å²) in [6.07, 6.45) is 5.48. The van der Waals surface area contributed by atoms with Gasteiger partial charge in [0.1, 0.15) is 0 Å². The summed E-state index contributed by atoms with van der Waals surface area (Å²) in [5.41, 5.74) is 1.83. The molecule has 0 saturated heterocycles. The van der Waals surface area contributed by atoms with Crippen LogP contribution in [0, 0.1) is 17.8 Å². The first-order chi connectivity index (χ1) is 10.0. The maximum Gasteiger partial charge on any atom is 0.251 e. The zero-order valence-corrected chi connectivity index (χ0v) is 13.3. The smallest absolute Gasteiger partial charge is 0.251 e. The fraction of sp³-hybridized carbons (Fsp3) is 0.611. The van der Waals surface area contributed by atoms with E-state index in [4.69, 9.17) is 0 Å². The van der Waals surface area contributed by atoms with Gasteiger partial charge in [0.15, 0.2) is 0 Å². The van der Waals surface area contributed by atoms with Crippen molar-refractivity contribution < 1.29 is 4.79 Å². The number of benzene rings is 1. The Hall–Kier alpha value is -1.51. The van der Waals surface area contributed by atoms with Crippen LogP contribution in [0.3, 0.4) is 0 Å². The molecule has 3 rings (SSSR count). The molecule has 2 aliphatic rings. The first-order valence-electron chi connectivity index (χ1n) is 8.13. The van der Waals surface area contributed by atoms with E-state index >= 15 is 0 Å². The van der Waals surface area contributed by atoms with Gasteiger partial charge in [-0.15, -0.1) is 0 Å². The molecule has 0 radical (unpaired) electrons. The molecule has 114 valence electrons. The summed E-state index contributed by atoms with van der Waals surface area (Å²) in [4.78, 5) is 14.5. The highest BCUT2D eigenvalue weighted by atomic mass is 16.1. The quantitative estimate of drug-likeness (QED) is 0.921. The molecule has 21 heavy (non-hydrogen) atoms. The lowest BCUT2D eigenvalue weighted by Crippen LogP contribution is -2.40. The molecule has 2 bridgehead atoms. The average molecular weight is 286 g/mol. The van der Waals surface area contributed by atoms with Gasteiger partial charge in [-0.25, -0.2) is 0 Å². The maximum absolute atomic E-state index is 12.5. The largest absolute Gasteiger partial charge is 0.378 e. The lowest BCUT2D eigenvalue weighted by molar-refractivity contribution is 0.0915. The minimum Gasteiger partial charge on any atom is -0.378 e. The predicted molar refractivity (Wildman–Crippen MR) is 86.6 cm³/mol. The Bertz CT molecular complexity index is 526. The summed E-state index contributed by atoms with van der Waals surface area (Å²) in [6.45, 7) is 2.18. The van der Waals surface area contributed by atoms with Gasteiger partial charge in [0.2, 0.25) is 0 Å². The van der Waals surface area contributed by atoms with E-state index in [1.54, 1.807) is 0 Å². The molecule has 1 amide bonds. The van der Waals surface area contributed by atoms with E-state index in [0.29, 0.717) is 5.92 Å². The second kappa shape index (κ2) is 5.70. The Morgan fingerprint density at radius 1 is 1.29 bits per heavy atom. The molecular weight excluding hydrogens is 260 g/mol. The second-order valence-electron chi connectivity index (χ2n) is 7.05. The minimum absolute atomic E-state index is 0.0639. The SMILES string of the molecule is CC(NC(=O)c1cccc(N(C)C)c1)C1CC2CCC1C2. The van der Waals surface area contributed by atoms with Gasteiger partial charge in [0.05, 0.1) is 0 Å². The van der Waals surface area contributed by atoms with E-state index in [0.717, 1.165) is 23.1 Å². The van der Waals surface area contributed by atoms with E-state index in [2.05, 4.69) is 12.2 Å². The van der Waals surface area contributed by atoms with E-state index in [1.165, 1.54) is 25.7 Å². The van der Waals surface area contributed by atoms with Gasteiger partial charge < -0.3 is 10.2 Å². The number of rotatable bonds is 4. The number of nitrogens with zero attached hydrogens (tertiary/aromatic N) is 1. The average Bonchev–Trinajstić information content (AvgIpc) is 3.10. The third kappa shape index (κ3) is 2.92. The molecule has 3 heteroatoms. The van der Waals surface area contributed by atoms with Crippen LogP contribution in [-0.4, -0.2) is 26.0 Å². The van der Waals surface area contributed by atoms with Gasteiger partial charge in [0.25, 0.3) is 5.91 Å². The van der Waals surface area contributed by atoms with Crippen molar-refractivity contribution >= 4 is 11.6 Å². The van der Waals surface area contributed by atoms with Crippen molar-refractivity contribution in [1.82, 2.24) is 5.32 Å². The Kier molecular flexibility index (Phi) is 3.92. The number of carbonyl (C=O) groups is 1. The molecule has 4 unspecified atom stereocenters. The van der Waals surface area contributed by atoms with E-state index in [-0.39, 0.29) is 11.9 Å². The van der Waals surface area contributed by atoms with Crippen LogP contribution < -0.4 is 10.2 Å². The summed E-state index contributed by atoms with van der Waals surface area (Å²) in [5.74, 6) is 2.52. The zero-order valence-electron chi connectivity index (χ0n) is 13.3. The molecule has 3 nitrogen and oxygen atoms in total. The van der Waals surface area contributed by atoms with Crippen LogP contribution in [0.15, 0.2) is 24.3 Å². The third-order valence-corrected chi connectivity index (χ3v) is 5.42. The summed E-state index contributed by atoms with van der Waals surface area (Å²) in [6, 6.07) is 8.12. The summed E-state index contributed by atoms with van der Waals surface area (Å²) >= 11 is 0. The minimum atomic E-state index is 0.0639. The third-order valence-electron chi connectivity index (χ3n) is 5.42. The number of hydrogen-bond acceptors (Lipinski definition) is 2. The first kappa shape index (κ1) is 14.4. The Morgan fingerprint density at radius 2 is 2.10 bits per heavy atom. The van der Waals surface area contributed by atoms with Gasteiger partial charge >= 0.3 is 0 Å². The van der Waals surface area contributed by atoms with Gasteiger partial charge in [0, 0.05) is 31.4 Å². The van der Waals surface area contributed by atoms with Crippen molar-refractivity contribution in [2.24, 2.45) is 17.8 Å². The maximum atomic E-state index is 12.5. The Morgan fingerprint density at radius 3 is 2.71 bits per heavy atom. The second-order valence-corrected chi connectivity index (χ2v) is 7.05. The number of hydrogen-bond donors (Lipinski definition) is 1. The van der Waals surface area contributed by atoms with Gasteiger partial charge in [-0.2, -0.15) is 0 Å². The fourth-order valence-electron chi connectivity index (χ4n) is 4.23. The highest BCUT2D eigenvalue weighted by Gasteiger charge is 2.42. The van der Waals surface area contributed by atoms with Gasteiger partial charge in [-0.3, -0.25) is 4.79 Å². The van der Waals surface area contributed by atoms with Gasteiger partial charge in [-0.05, 0) is 62.1 Å². The number of carbonyl (C=O) groups excluding carboxylic acids is 1. The fourth-order valence-corrected chi connectivity index (χ4v) is 4.23. The van der Waals surface area contributed by atoms with Crippen molar-refractivity contribution in [2.45, 2.75) is 38.6 Å². The highest BCUT2D eigenvalue weighted by molar-refractivity contribution is 5.95. The Balaban J connectivity index is 1.64. The van der Waals surface area contributed by atoms with Crippen LogP contribution in [0.4, 0.5) is 5.69 Å². The number of nitrogens with one attached hydrogen (secondary N) is 1. The first-order valence-corrected chi connectivity index (χ1v) is 8.13. The molecule has 0 heterocycles. The Labute approximate surface area is 127 Å². The normalized spacial score (nSPS) is 28.4. The molecule has 0 aromatic heterocycles. The molecule has 2 saturated carbocycles. The molecular formula is C18H26N2O. The van der Waals surface area contributed by atoms with Crippen LogP contribution in [0.2, 0.25) is 0 Å². The predicted octanol–water partition coefficient (Wildman–Crippen LogP) is 3.31. The standard InChI is InChI=1S/C18H26N2O/c1-12(17-10-13-7-8-14(17)9-13)19-18(21)15-5-4-6-16(11-15)20(2)3/h4-6,11-14,17H,7-10H2,1-3H3,(H,19,21). The van der Waals surface area contributed by atoms with E-state index in [9.17, 15) is 4.79 Å². The van der Waals surface area contributed by atoms with Crippen molar-refractivity contribution in [3.05, 3.63) is 29.8 Å². The van der Waals surface area contributed by atoms with Crippen molar-refractivity contribution in [1.29, 1.82) is 0 Å². The highest BCUT2D eigenvalue weighted by Crippen LogP contribution is 2.49. The summed E-state index contributed by atoms with van der Waals surface area (Å²) < 4.78 is 0. The lowest BCUT2D eigenvalue weighted by atomic mass is 9.84. The lowest BCUT2D eigenvalue weighted by Gasteiger charge is -2.28. The molecule has 1 aromatic rings. The van der Waals surface area contributed by atoms with Crippen LogP contribution >= 0.6 is 0 Å². The molecule has 0 aliphatic heterocycles. The zero-order chi connectivity index (χ0) is 15.0. The van der Waals surface area contributed by atoms with Crippen LogP contribution in [0.1, 0.15) is 43.0 Å². The topological polar surface area (TPSA) is 32.3 Å². The molecule has 0 spiro atoms. The van der Waals surface area contributed by atoms with Crippen LogP contribution in [0.5, 0.6) is 0 Å². The summed E-state index contributed by atoms with van der Waals surface area (Å²) in [7, 11) is 3.99. The van der Waals surface area contributed by atoms with Crippen LogP contribution in [-0.2, 0) is 0 Å². The molecule has 2 aliphatic carbocycles. The molecule has 4 atom stereocenters. The van der Waals surface area contributed by atoms with E-state index < -0.39 is 0 Å².